The van der Waals surface area contributed by atoms with Gasteiger partial charge in [-0.1, -0.05) is 18.2 Å². The van der Waals surface area contributed by atoms with Crippen molar-refractivity contribution < 1.29 is 19.3 Å². The molecule has 2 aromatic carbocycles. The number of benzene rings is 2. The zero-order valence-corrected chi connectivity index (χ0v) is 16.0. The molecule has 29 heavy (non-hydrogen) atoms. The van der Waals surface area contributed by atoms with Crippen molar-refractivity contribution in [3.63, 3.8) is 0 Å². The average Bonchev–Trinajstić information content (AvgIpc) is 3.13. The Morgan fingerprint density at radius 1 is 0.966 bits per heavy atom. The first kappa shape index (κ1) is 18.0. The molecule has 3 aromatic rings. The molecule has 0 aliphatic carbocycles. The molecule has 0 radical (unpaired) electrons. The zero-order valence-electron chi connectivity index (χ0n) is 16.0. The lowest BCUT2D eigenvalue weighted by Gasteiger charge is -2.20. The number of hydrogen-bond acceptors (Lipinski definition) is 6. The van der Waals surface area contributed by atoms with E-state index in [9.17, 15) is 5.11 Å². The van der Waals surface area contributed by atoms with E-state index in [0.29, 0.717) is 12.3 Å². The quantitative estimate of drug-likeness (QED) is 0.738. The minimum atomic E-state index is -0.757. The second-order valence-corrected chi connectivity index (χ2v) is 7.27. The van der Waals surface area contributed by atoms with Crippen LogP contribution in [0.1, 0.15) is 28.5 Å². The molecular weight excluding hydrogens is 368 g/mol. The van der Waals surface area contributed by atoms with Gasteiger partial charge in [0.2, 0.25) is 6.79 Å². The number of aromatic nitrogens is 1. The molecule has 0 amide bonds. The van der Waals surface area contributed by atoms with E-state index in [1.807, 2.05) is 48.5 Å². The third-order valence-corrected chi connectivity index (χ3v) is 5.27. The molecular formula is C23H22N2O4. The summed E-state index contributed by atoms with van der Waals surface area (Å²) >= 11 is 0. The number of hydrogen-bond donors (Lipinski definition) is 1. The molecule has 1 aromatic heterocycles. The smallest absolute Gasteiger partial charge is 0.231 e. The van der Waals surface area contributed by atoms with Crippen LogP contribution in [0.3, 0.4) is 0 Å². The Hall–Kier alpha value is -3.09. The third-order valence-electron chi connectivity index (χ3n) is 5.27. The fourth-order valence-electron chi connectivity index (χ4n) is 3.78. The summed E-state index contributed by atoms with van der Waals surface area (Å²) in [5, 5.41) is 10.7. The predicted octanol–water partition coefficient (Wildman–Crippen LogP) is 3.29. The Bertz CT molecular complexity index is 1010. The van der Waals surface area contributed by atoms with Gasteiger partial charge in [0, 0.05) is 31.4 Å². The van der Waals surface area contributed by atoms with E-state index in [1.54, 1.807) is 6.20 Å². The molecule has 0 bridgehead atoms. The first-order valence-corrected chi connectivity index (χ1v) is 9.72. The summed E-state index contributed by atoms with van der Waals surface area (Å²) < 4.78 is 16.8. The lowest BCUT2D eigenvalue weighted by molar-refractivity contribution is 0.174. The number of pyridine rings is 1. The average molecular weight is 390 g/mol. The van der Waals surface area contributed by atoms with Crippen LogP contribution in [0.2, 0.25) is 0 Å². The van der Waals surface area contributed by atoms with Crippen molar-refractivity contribution in [3.8, 4) is 17.2 Å². The minimum absolute atomic E-state index is 0.283. The SMILES string of the molecule is OC(c1ccc2c(c1)CN(Cc1ccc3c(c1)OCO3)CCO2)c1ccccn1. The lowest BCUT2D eigenvalue weighted by Crippen LogP contribution is -2.25. The third kappa shape index (κ3) is 3.77. The summed E-state index contributed by atoms with van der Waals surface area (Å²) in [5.74, 6) is 2.47. The van der Waals surface area contributed by atoms with Crippen molar-refractivity contribution >= 4 is 0 Å². The van der Waals surface area contributed by atoms with Gasteiger partial charge in [0.05, 0.1) is 5.69 Å². The van der Waals surface area contributed by atoms with Gasteiger partial charge in [0.25, 0.3) is 0 Å². The number of ether oxygens (including phenoxy) is 3. The largest absolute Gasteiger partial charge is 0.492 e. The fraction of sp³-hybridized carbons (Fsp3) is 0.261. The van der Waals surface area contributed by atoms with Crippen LogP contribution >= 0.6 is 0 Å². The van der Waals surface area contributed by atoms with E-state index in [4.69, 9.17) is 14.2 Å². The topological polar surface area (TPSA) is 64.1 Å². The van der Waals surface area contributed by atoms with Crippen LogP contribution in [-0.4, -0.2) is 34.9 Å². The van der Waals surface area contributed by atoms with Crippen molar-refractivity contribution in [3.05, 3.63) is 83.2 Å². The van der Waals surface area contributed by atoms with E-state index in [1.165, 1.54) is 5.56 Å². The van der Waals surface area contributed by atoms with E-state index in [-0.39, 0.29) is 6.79 Å². The van der Waals surface area contributed by atoms with Crippen LogP contribution in [0.4, 0.5) is 0 Å². The van der Waals surface area contributed by atoms with E-state index >= 15 is 0 Å². The number of aliphatic hydroxyl groups excluding tert-OH is 1. The Labute approximate surface area is 169 Å². The van der Waals surface area contributed by atoms with Gasteiger partial charge >= 0.3 is 0 Å². The minimum Gasteiger partial charge on any atom is -0.492 e. The van der Waals surface area contributed by atoms with Gasteiger partial charge in [0.1, 0.15) is 18.5 Å². The van der Waals surface area contributed by atoms with E-state index < -0.39 is 6.10 Å². The number of fused-ring (bicyclic) bond motifs is 2. The molecule has 6 heteroatoms. The molecule has 2 aliphatic rings. The maximum atomic E-state index is 10.7. The van der Waals surface area contributed by atoms with Gasteiger partial charge in [-0.25, -0.2) is 0 Å². The number of aliphatic hydroxyl groups is 1. The molecule has 0 fully saturated rings. The first-order valence-electron chi connectivity index (χ1n) is 9.72. The maximum Gasteiger partial charge on any atom is 0.231 e. The molecule has 148 valence electrons. The van der Waals surface area contributed by atoms with Crippen molar-refractivity contribution in [2.24, 2.45) is 0 Å². The second kappa shape index (κ2) is 7.73. The highest BCUT2D eigenvalue weighted by molar-refractivity contribution is 5.45. The molecule has 1 unspecified atom stereocenters. The maximum absolute atomic E-state index is 10.7. The van der Waals surface area contributed by atoms with Gasteiger partial charge < -0.3 is 19.3 Å². The van der Waals surface area contributed by atoms with Gasteiger partial charge in [0.15, 0.2) is 11.5 Å². The van der Waals surface area contributed by atoms with Crippen LogP contribution in [0.25, 0.3) is 0 Å². The summed E-state index contributed by atoms with van der Waals surface area (Å²) in [6.07, 6.45) is 0.935. The van der Waals surface area contributed by atoms with Crippen molar-refractivity contribution in [2.45, 2.75) is 19.2 Å². The van der Waals surface area contributed by atoms with Crippen LogP contribution in [-0.2, 0) is 13.1 Å². The molecule has 0 spiro atoms. The Morgan fingerprint density at radius 2 is 1.86 bits per heavy atom. The molecule has 5 rings (SSSR count). The van der Waals surface area contributed by atoms with Gasteiger partial charge in [-0.3, -0.25) is 9.88 Å². The molecule has 0 saturated heterocycles. The fourth-order valence-corrected chi connectivity index (χ4v) is 3.78. The van der Waals surface area contributed by atoms with Crippen LogP contribution in [0, 0.1) is 0 Å². The summed E-state index contributed by atoms with van der Waals surface area (Å²) in [6, 6.07) is 17.5. The summed E-state index contributed by atoms with van der Waals surface area (Å²) in [6.45, 7) is 3.26. The molecule has 1 atom stereocenters. The molecule has 0 saturated carbocycles. The van der Waals surface area contributed by atoms with Crippen LogP contribution < -0.4 is 14.2 Å². The van der Waals surface area contributed by atoms with Gasteiger partial charge in [-0.2, -0.15) is 0 Å². The Kier molecular flexibility index (Phi) is 4.79. The van der Waals surface area contributed by atoms with Crippen LogP contribution in [0.5, 0.6) is 17.2 Å². The van der Waals surface area contributed by atoms with Crippen molar-refractivity contribution in [1.82, 2.24) is 9.88 Å². The zero-order chi connectivity index (χ0) is 19.6. The standard InChI is InChI=1S/C23H22N2O4/c26-23(19-3-1-2-8-24-19)17-5-7-20-18(12-17)14-25(9-10-27-20)13-16-4-6-21-22(11-16)29-15-28-21/h1-8,11-12,23,26H,9-10,13-15H2. The van der Waals surface area contributed by atoms with Gasteiger partial charge in [-0.15, -0.1) is 0 Å². The highest BCUT2D eigenvalue weighted by Crippen LogP contribution is 2.34. The predicted molar refractivity (Wildman–Crippen MR) is 107 cm³/mol. The van der Waals surface area contributed by atoms with Gasteiger partial charge in [-0.05, 0) is 47.5 Å². The number of rotatable bonds is 4. The highest BCUT2D eigenvalue weighted by Gasteiger charge is 2.20. The monoisotopic (exact) mass is 390 g/mol. The van der Waals surface area contributed by atoms with Crippen molar-refractivity contribution in [1.29, 1.82) is 0 Å². The van der Waals surface area contributed by atoms with E-state index in [0.717, 1.165) is 48.0 Å². The number of nitrogens with zero attached hydrogens (tertiary/aromatic N) is 2. The Morgan fingerprint density at radius 3 is 2.76 bits per heavy atom. The lowest BCUT2D eigenvalue weighted by atomic mass is 10.0. The van der Waals surface area contributed by atoms with Crippen molar-refractivity contribution in [2.75, 3.05) is 19.9 Å². The summed E-state index contributed by atoms with van der Waals surface area (Å²) in [4.78, 5) is 6.60. The first-order chi connectivity index (χ1) is 14.3. The normalized spacial score (nSPS) is 16.6. The van der Waals surface area contributed by atoms with E-state index in [2.05, 4.69) is 16.0 Å². The summed E-state index contributed by atoms with van der Waals surface area (Å²) in [7, 11) is 0. The summed E-state index contributed by atoms with van der Waals surface area (Å²) in [5.41, 5.74) is 3.69. The molecule has 2 aliphatic heterocycles. The highest BCUT2D eigenvalue weighted by atomic mass is 16.7. The molecule has 3 heterocycles. The van der Waals surface area contributed by atoms with Crippen LogP contribution in [0.15, 0.2) is 60.8 Å². The molecule has 1 N–H and O–H groups in total. The molecule has 6 nitrogen and oxygen atoms in total. The Balaban J connectivity index is 1.36. The second-order valence-electron chi connectivity index (χ2n) is 7.27.